The molecule has 1 aliphatic rings. The maximum Gasteiger partial charge on any atom is 0.251 e. The van der Waals surface area contributed by atoms with Gasteiger partial charge in [-0.15, -0.1) is 0 Å². The maximum absolute atomic E-state index is 12.2. The van der Waals surface area contributed by atoms with Crippen molar-refractivity contribution in [3.05, 3.63) is 33.8 Å². The lowest BCUT2D eigenvalue weighted by Crippen LogP contribution is -2.48. The van der Waals surface area contributed by atoms with Gasteiger partial charge in [0, 0.05) is 18.7 Å². The Morgan fingerprint density at radius 1 is 1.14 bits per heavy atom. The summed E-state index contributed by atoms with van der Waals surface area (Å²) >= 11 is 11.7. The molecule has 114 valence electrons. The molecule has 2 rings (SSSR count). The average Bonchev–Trinajstić information content (AvgIpc) is 2.50. The molecule has 2 amide bonds. The van der Waals surface area contributed by atoms with E-state index >= 15 is 0 Å². The van der Waals surface area contributed by atoms with Gasteiger partial charge >= 0.3 is 0 Å². The van der Waals surface area contributed by atoms with Gasteiger partial charge in [0.1, 0.15) is 6.04 Å². The van der Waals surface area contributed by atoms with Crippen LogP contribution in [0, 0.1) is 0 Å². The van der Waals surface area contributed by atoms with Gasteiger partial charge in [-0.2, -0.15) is 0 Å². The van der Waals surface area contributed by atoms with Crippen molar-refractivity contribution < 1.29 is 9.59 Å². The molecular weight excluding hydrogens is 311 g/mol. The summed E-state index contributed by atoms with van der Waals surface area (Å²) in [7, 11) is 0. The Labute approximate surface area is 134 Å². The number of hydrogen-bond donors (Lipinski definition) is 1. The van der Waals surface area contributed by atoms with Crippen LogP contribution in [-0.4, -0.2) is 35.8 Å². The highest BCUT2D eigenvalue weighted by molar-refractivity contribution is 6.42. The Kier molecular flexibility index (Phi) is 5.48. The molecule has 1 N–H and O–H groups in total. The van der Waals surface area contributed by atoms with Crippen molar-refractivity contribution in [1.82, 2.24) is 10.2 Å². The van der Waals surface area contributed by atoms with E-state index in [1.165, 1.54) is 6.07 Å². The molecule has 4 nitrogen and oxygen atoms in total. The van der Waals surface area contributed by atoms with Crippen molar-refractivity contribution >= 4 is 35.0 Å². The molecule has 0 radical (unpaired) electrons. The van der Waals surface area contributed by atoms with Gasteiger partial charge in [0.25, 0.3) is 5.91 Å². The molecule has 1 fully saturated rings. The number of rotatable bonds is 3. The number of nitrogens with zero attached hydrogens (tertiary/aromatic N) is 1. The van der Waals surface area contributed by atoms with E-state index < -0.39 is 6.04 Å². The predicted molar refractivity (Wildman–Crippen MR) is 83.8 cm³/mol. The number of piperidine rings is 1. The molecule has 1 saturated heterocycles. The average molecular weight is 329 g/mol. The van der Waals surface area contributed by atoms with Gasteiger partial charge < -0.3 is 10.2 Å². The predicted octanol–water partition coefficient (Wildman–Crippen LogP) is 3.12. The molecule has 1 atom stereocenters. The zero-order valence-electron chi connectivity index (χ0n) is 11.9. The van der Waals surface area contributed by atoms with E-state index in [1.54, 1.807) is 19.1 Å². The first-order chi connectivity index (χ1) is 9.99. The van der Waals surface area contributed by atoms with Crippen LogP contribution in [0.1, 0.15) is 36.5 Å². The molecule has 0 bridgehead atoms. The highest BCUT2D eigenvalue weighted by Crippen LogP contribution is 2.22. The third kappa shape index (κ3) is 4.11. The first-order valence-electron chi connectivity index (χ1n) is 7.04. The maximum atomic E-state index is 12.2. The Morgan fingerprint density at radius 2 is 1.81 bits per heavy atom. The number of amides is 2. The molecule has 6 heteroatoms. The molecule has 0 aliphatic carbocycles. The minimum Gasteiger partial charge on any atom is -0.341 e. The summed E-state index contributed by atoms with van der Waals surface area (Å²) in [5, 5.41) is 3.42. The van der Waals surface area contributed by atoms with Gasteiger partial charge in [0.15, 0.2) is 0 Å². The lowest BCUT2D eigenvalue weighted by molar-refractivity contribution is -0.133. The van der Waals surface area contributed by atoms with E-state index in [0.29, 0.717) is 15.6 Å². The number of benzene rings is 1. The van der Waals surface area contributed by atoms with Gasteiger partial charge in [-0.25, -0.2) is 0 Å². The largest absolute Gasteiger partial charge is 0.341 e. The van der Waals surface area contributed by atoms with Gasteiger partial charge in [0.05, 0.1) is 10.0 Å². The number of nitrogens with one attached hydrogen (secondary N) is 1. The normalized spacial score (nSPS) is 16.4. The Hall–Kier alpha value is -1.26. The first kappa shape index (κ1) is 16.1. The van der Waals surface area contributed by atoms with Crippen LogP contribution in [0.15, 0.2) is 18.2 Å². The van der Waals surface area contributed by atoms with Crippen molar-refractivity contribution in [3.8, 4) is 0 Å². The standard InChI is InChI=1S/C15H18Cl2N2O2/c1-10(15(21)19-7-3-2-4-8-19)18-14(20)11-5-6-12(16)13(17)9-11/h5-6,9-10H,2-4,7-8H2,1H3,(H,18,20)/t10-/m0/s1. The molecule has 0 spiro atoms. The van der Waals surface area contributed by atoms with Gasteiger partial charge in [-0.3, -0.25) is 9.59 Å². The van der Waals surface area contributed by atoms with Crippen molar-refractivity contribution in [1.29, 1.82) is 0 Å². The van der Waals surface area contributed by atoms with Gasteiger partial charge in [0.2, 0.25) is 5.91 Å². The number of carbonyl (C=O) groups excluding carboxylic acids is 2. The van der Waals surface area contributed by atoms with Crippen LogP contribution in [0.5, 0.6) is 0 Å². The van der Waals surface area contributed by atoms with Crippen molar-refractivity contribution in [2.75, 3.05) is 13.1 Å². The lowest BCUT2D eigenvalue weighted by Gasteiger charge is -2.29. The van der Waals surface area contributed by atoms with Crippen LogP contribution < -0.4 is 5.32 Å². The minimum absolute atomic E-state index is 0.0388. The fraction of sp³-hybridized carbons (Fsp3) is 0.467. The second-order valence-electron chi connectivity index (χ2n) is 5.21. The summed E-state index contributed by atoms with van der Waals surface area (Å²) in [6.07, 6.45) is 3.21. The molecule has 1 aromatic rings. The first-order valence-corrected chi connectivity index (χ1v) is 7.79. The third-order valence-electron chi connectivity index (χ3n) is 3.57. The number of halogens is 2. The third-order valence-corrected chi connectivity index (χ3v) is 4.31. The fourth-order valence-corrected chi connectivity index (χ4v) is 2.67. The van der Waals surface area contributed by atoms with Crippen molar-refractivity contribution in [2.45, 2.75) is 32.2 Å². The topological polar surface area (TPSA) is 49.4 Å². The Balaban J connectivity index is 1.97. The molecule has 1 aliphatic heterocycles. The molecule has 1 aromatic carbocycles. The van der Waals surface area contributed by atoms with Crippen LogP contribution in [0.3, 0.4) is 0 Å². The van der Waals surface area contributed by atoms with Crippen molar-refractivity contribution in [3.63, 3.8) is 0 Å². The van der Waals surface area contributed by atoms with E-state index in [-0.39, 0.29) is 11.8 Å². The fourth-order valence-electron chi connectivity index (χ4n) is 2.37. The summed E-state index contributed by atoms with van der Waals surface area (Å²) < 4.78 is 0. The van der Waals surface area contributed by atoms with E-state index in [0.717, 1.165) is 32.4 Å². The summed E-state index contributed by atoms with van der Waals surface area (Å²) in [5.41, 5.74) is 0.391. The second kappa shape index (κ2) is 7.14. The van der Waals surface area contributed by atoms with Crippen LogP contribution >= 0.6 is 23.2 Å². The van der Waals surface area contributed by atoms with E-state index in [4.69, 9.17) is 23.2 Å². The summed E-state index contributed by atoms with van der Waals surface area (Å²) in [5.74, 6) is -0.366. The smallest absolute Gasteiger partial charge is 0.251 e. The van der Waals surface area contributed by atoms with E-state index in [2.05, 4.69) is 5.32 Å². The van der Waals surface area contributed by atoms with Crippen LogP contribution in [0.4, 0.5) is 0 Å². The number of likely N-dealkylation sites (tertiary alicyclic amines) is 1. The van der Waals surface area contributed by atoms with Gasteiger partial charge in [-0.05, 0) is 44.4 Å². The molecule has 0 aromatic heterocycles. The van der Waals surface area contributed by atoms with Gasteiger partial charge in [-0.1, -0.05) is 23.2 Å². The quantitative estimate of drug-likeness (QED) is 0.926. The Bertz CT molecular complexity index is 542. The molecule has 0 unspecified atom stereocenters. The summed E-state index contributed by atoms with van der Waals surface area (Å²) in [4.78, 5) is 26.2. The van der Waals surface area contributed by atoms with Crippen LogP contribution in [0.25, 0.3) is 0 Å². The number of carbonyl (C=O) groups is 2. The van der Waals surface area contributed by atoms with E-state index in [1.807, 2.05) is 4.90 Å². The summed E-state index contributed by atoms with van der Waals surface area (Å²) in [6, 6.07) is 4.10. The minimum atomic E-state index is -0.551. The van der Waals surface area contributed by atoms with Crippen molar-refractivity contribution in [2.24, 2.45) is 0 Å². The monoisotopic (exact) mass is 328 g/mol. The highest BCUT2D eigenvalue weighted by atomic mass is 35.5. The lowest BCUT2D eigenvalue weighted by atomic mass is 10.1. The van der Waals surface area contributed by atoms with E-state index in [9.17, 15) is 9.59 Å². The number of hydrogen-bond acceptors (Lipinski definition) is 2. The zero-order chi connectivity index (χ0) is 15.4. The SMILES string of the molecule is C[C@H](NC(=O)c1ccc(Cl)c(Cl)c1)C(=O)N1CCCCC1. The van der Waals surface area contributed by atoms with Crippen LogP contribution in [0.2, 0.25) is 10.0 Å². The Morgan fingerprint density at radius 3 is 2.43 bits per heavy atom. The molecule has 21 heavy (non-hydrogen) atoms. The molecule has 1 heterocycles. The van der Waals surface area contributed by atoms with Crippen LogP contribution in [-0.2, 0) is 4.79 Å². The zero-order valence-corrected chi connectivity index (χ0v) is 13.4. The summed E-state index contributed by atoms with van der Waals surface area (Å²) in [6.45, 7) is 3.24. The highest BCUT2D eigenvalue weighted by Gasteiger charge is 2.23. The second-order valence-corrected chi connectivity index (χ2v) is 6.02. The molecule has 0 saturated carbocycles. The molecular formula is C15H18Cl2N2O2.